The van der Waals surface area contributed by atoms with Gasteiger partial charge in [-0.25, -0.2) is 0 Å². The highest BCUT2D eigenvalue weighted by Crippen LogP contribution is 2.47. The Morgan fingerprint density at radius 3 is 2.76 bits per heavy atom. The standard InChI is InChI=1S/C18H24N2O4S/c1-18-8-7-16(21)20(18)13(11-25-18)17(22)19(2)10-12-5-6-14(23-3)15(9-12)24-4/h5-6,9,13H,7-8,10-11H2,1-4H3/t13-,18+/m0/s1. The van der Waals surface area contributed by atoms with E-state index in [0.29, 0.717) is 30.2 Å². The van der Waals surface area contributed by atoms with Crippen LogP contribution in [0.5, 0.6) is 11.5 Å². The van der Waals surface area contributed by atoms with E-state index in [9.17, 15) is 9.59 Å². The SMILES string of the molecule is COc1ccc(CN(C)C(=O)[C@@H]2CS[C@]3(C)CCC(=O)N23)cc1OC. The number of ether oxygens (including phenoxy) is 2. The minimum atomic E-state index is -0.366. The van der Waals surface area contributed by atoms with Crippen LogP contribution in [0.2, 0.25) is 0 Å². The van der Waals surface area contributed by atoms with Gasteiger partial charge in [-0.3, -0.25) is 9.59 Å². The average molecular weight is 364 g/mol. The third-order valence-electron chi connectivity index (χ3n) is 4.97. The molecule has 136 valence electrons. The molecule has 1 aromatic carbocycles. The van der Waals surface area contributed by atoms with Gasteiger partial charge in [0.25, 0.3) is 0 Å². The molecular weight excluding hydrogens is 340 g/mol. The average Bonchev–Trinajstić information content (AvgIpc) is 3.10. The highest BCUT2D eigenvalue weighted by Gasteiger charge is 2.53. The number of rotatable bonds is 5. The van der Waals surface area contributed by atoms with Crippen LogP contribution in [0.3, 0.4) is 0 Å². The zero-order valence-corrected chi connectivity index (χ0v) is 15.9. The Morgan fingerprint density at radius 2 is 2.08 bits per heavy atom. The van der Waals surface area contributed by atoms with Gasteiger partial charge in [-0.2, -0.15) is 0 Å². The predicted molar refractivity (Wildman–Crippen MR) is 96.8 cm³/mol. The van der Waals surface area contributed by atoms with Gasteiger partial charge < -0.3 is 19.3 Å². The quantitative estimate of drug-likeness (QED) is 0.801. The molecule has 6 nitrogen and oxygen atoms in total. The van der Waals surface area contributed by atoms with Crippen LogP contribution in [-0.2, 0) is 16.1 Å². The first-order valence-corrected chi connectivity index (χ1v) is 9.30. The van der Waals surface area contributed by atoms with Crippen molar-refractivity contribution in [2.45, 2.75) is 37.2 Å². The van der Waals surface area contributed by atoms with Crippen molar-refractivity contribution < 1.29 is 19.1 Å². The molecule has 0 spiro atoms. The van der Waals surface area contributed by atoms with Gasteiger partial charge >= 0.3 is 0 Å². The fourth-order valence-corrected chi connectivity index (χ4v) is 5.01. The van der Waals surface area contributed by atoms with Crippen LogP contribution in [0.4, 0.5) is 0 Å². The highest BCUT2D eigenvalue weighted by molar-refractivity contribution is 8.01. The first-order chi connectivity index (χ1) is 11.9. The Bertz CT molecular complexity index is 696. The number of hydrogen-bond donors (Lipinski definition) is 0. The van der Waals surface area contributed by atoms with Gasteiger partial charge in [0.1, 0.15) is 6.04 Å². The predicted octanol–water partition coefficient (Wildman–Crippen LogP) is 2.12. The molecule has 0 aromatic heterocycles. The molecular formula is C18H24N2O4S. The van der Waals surface area contributed by atoms with Crippen LogP contribution in [-0.4, -0.2) is 59.5 Å². The lowest BCUT2D eigenvalue weighted by atomic mass is 10.1. The summed E-state index contributed by atoms with van der Waals surface area (Å²) in [7, 11) is 4.96. The molecule has 0 bridgehead atoms. The van der Waals surface area contributed by atoms with Gasteiger partial charge in [-0.05, 0) is 31.0 Å². The van der Waals surface area contributed by atoms with Crippen LogP contribution in [0.25, 0.3) is 0 Å². The zero-order valence-electron chi connectivity index (χ0n) is 15.1. The number of nitrogens with zero attached hydrogens (tertiary/aromatic N) is 2. The molecule has 1 aromatic rings. The van der Waals surface area contributed by atoms with Crippen molar-refractivity contribution >= 4 is 23.6 Å². The van der Waals surface area contributed by atoms with E-state index < -0.39 is 0 Å². The van der Waals surface area contributed by atoms with E-state index >= 15 is 0 Å². The Kier molecular flexibility index (Phi) is 4.86. The first kappa shape index (κ1) is 17.9. The minimum absolute atomic E-state index is 0.0127. The molecule has 2 heterocycles. The van der Waals surface area contributed by atoms with E-state index in [4.69, 9.17) is 9.47 Å². The van der Waals surface area contributed by atoms with Gasteiger partial charge in [-0.1, -0.05) is 6.07 Å². The molecule has 0 aliphatic carbocycles. The largest absolute Gasteiger partial charge is 0.493 e. The van der Waals surface area contributed by atoms with Crippen molar-refractivity contribution in [1.29, 1.82) is 0 Å². The van der Waals surface area contributed by atoms with E-state index in [-0.39, 0.29) is 22.7 Å². The topological polar surface area (TPSA) is 59.1 Å². The molecule has 7 heteroatoms. The second-order valence-corrected chi connectivity index (χ2v) is 8.15. The third kappa shape index (κ3) is 3.17. The third-order valence-corrected chi connectivity index (χ3v) is 6.48. The Balaban J connectivity index is 1.72. The Labute approximate surface area is 152 Å². The number of fused-ring (bicyclic) bond motifs is 1. The van der Waals surface area contributed by atoms with Crippen LogP contribution in [0.15, 0.2) is 18.2 Å². The van der Waals surface area contributed by atoms with Crippen molar-refractivity contribution in [2.75, 3.05) is 27.0 Å². The smallest absolute Gasteiger partial charge is 0.246 e. The number of thioether (sulfide) groups is 1. The van der Waals surface area contributed by atoms with E-state index in [1.54, 1.807) is 42.8 Å². The van der Waals surface area contributed by atoms with E-state index in [1.165, 1.54) is 0 Å². The number of methoxy groups -OCH3 is 2. The second-order valence-electron chi connectivity index (χ2n) is 6.65. The molecule has 2 saturated heterocycles. The minimum Gasteiger partial charge on any atom is -0.493 e. The molecule has 3 rings (SSSR count). The number of benzene rings is 1. The maximum atomic E-state index is 12.9. The monoisotopic (exact) mass is 364 g/mol. The Morgan fingerprint density at radius 1 is 1.36 bits per heavy atom. The van der Waals surface area contributed by atoms with Crippen LogP contribution in [0, 0.1) is 0 Å². The summed E-state index contributed by atoms with van der Waals surface area (Å²) in [5, 5.41) is 0. The van der Waals surface area contributed by atoms with Crippen LogP contribution < -0.4 is 9.47 Å². The fraction of sp³-hybridized carbons (Fsp3) is 0.556. The molecule has 2 atom stereocenters. The summed E-state index contributed by atoms with van der Waals surface area (Å²) in [6.45, 7) is 2.52. The molecule has 0 N–H and O–H groups in total. The zero-order chi connectivity index (χ0) is 18.2. The molecule has 2 amide bonds. The fourth-order valence-electron chi connectivity index (χ4n) is 3.59. The number of hydrogen-bond acceptors (Lipinski definition) is 5. The summed E-state index contributed by atoms with van der Waals surface area (Å²) in [6.07, 6.45) is 1.35. The summed E-state index contributed by atoms with van der Waals surface area (Å²) in [4.78, 5) is 28.4. The summed E-state index contributed by atoms with van der Waals surface area (Å²) >= 11 is 1.71. The molecule has 0 unspecified atom stereocenters. The van der Waals surface area contributed by atoms with Crippen molar-refractivity contribution in [3.8, 4) is 11.5 Å². The maximum Gasteiger partial charge on any atom is 0.246 e. The lowest BCUT2D eigenvalue weighted by Crippen LogP contribution is -2.50. The Hall–Kier alpha value is -1.89. The summed E-state index contributed by atoms with van der Waals surface area (Å²) < 4.78 is 10.6. The van der Waals surface area contributed by atoms with Crippen LogP contribution in [0.1, 0.15) is 25.3 Å². The van der Waals surface area contributed by atoms with Crippen molar-refractivity contribution in [3.05, 3.63) is 23.8 Å². The number of carbonyl (C=O) groups is 2. The van der Waals surface area contributed by atoms with Gasteiger partial charge in [0, 0.05) is 25.8 Å². The molecule has 2 aliphatic heterocycles. The number of amides is 2. The van der Waals surface area contributed by atoms with Crippen LogP contribution >= 0.6 is 11.8 Å². The van der Waals surface area contributed by atoms with Gasteiger partial charge in [-0.15, -0.1) is 11.8 Å². The normalized spacial score (nSPS) is 25.0. The van der Waals surface area contributed by atoms with Gasteiger partial charge in [0.05, 0.1) is 19.1 Å². The van der Waals surface area contributed by atoms with Gasteiger partial charge in [0.15, 0.2) is 11.5 Å². The molecule has 0 radical (unpaired) electrons. The molecule has 2 aliphatic rings. The summed E-state index contributed by atoms with van der Waals surface area (Å²) in [5.74, 6) is 2.04. The second kappa shape index (κ2) is 6.78. The first-order valence-electron chi connectivity index (χ1n) is 8.31. The van der Waals surface area contributed by atoms with E-state index in [2.05, 4.69) is 6.92 Å². The van der Waals surface area contributed by atoms with Gasteiger partial charge in [0.2, 0.25) is 11.8 Å². The lowest BCUT2D eigenvalue weighted by molar-refractivity contribution is -0.143. The molecule has 25 heavy (non-hydrogen) atoms. The maximum absolute atomic E-state index is 12.9. The van der Waals surface area contributed by atoms with Crippen molar-refractivity contribution in [3.63, 3.8) is 0 Å². The summed E-state index contributed by atoms with van der Waals surface area (Å²) in [5.41, 5.74) is 0.953. The van der Waals surface area contributed by atoms with Crippen molar-refractivity contribution in [2.24, 2.45) is 0 Å². The van der Waals surface area contributed by atoms with E-state index in [1.807, 2.05) is 18.2 Å². The lowest BCUT2D eigenvalue weighted by Gasteiger charge is -2.32. The number of carbonyl (C=O) groups excluding carboxylic acids is 2. The van der Waals surface area contributed by atoms with Crippen molar-refractivity contribution in [1.82, 2.24) is 9.80 Å². The summed E-state index contributed by atoms with van der Waals surface area (Å²) in [6, 6.07) is 5.26. The highest BCUT2D eigenvalue weighted by atomic mass is 32.2. The molecule has 0 saturated carbocycles. The van der Waals surface area contributed by atoms with E-state index in [0.717, 1.165) is 12.0 Å². The molecule has 2 fully saturated rings. The number of likely N-dealkylation sites (N-methyl/N-ethyl adjacent to an activating group) is 1.